The van der Waals surface area contributed by atoms with Gasteiger partial charge in [0, 0.05) is 0 Å². The van der Waals surface area contributed by atoms with Gasteiger partial charge in [0.15, 0.2) is 17.6 Å². The van der Waals surface area contributed by atoms with Gasteiger partial charge in [-0.3, -0.25) is 4.79 Å². The van der Waals surface area contributed by atoms with Crippen LogP contribution in [0.4, 0.5) is 0 Å². The first-order valence-electron chi connectivity index (χ1n) is 6.96. The average molecular weight is 258 g/mol. The van der Waals surface area contributed by atoms with E-state index < -0.39 is 6.10 Å². The van der Waals surface area contributed by atoms with E-state index in [0.29, 0.717) is 12.4 Å². The lowest BCUT2D eigenvalue weighted by atomic mass is 10.0. The SMILES string of the molecule is O=C(C1=CCCCCC1)C1COc2ccccc2O1. The van der Waals surface area contributed by atoms with E-state index in [2.05, 4.69) is 6.08 Å². The molecule has 0 N–H and O–H groups in total. The number of para-hydroxylation sites is 2. The molecule has 2 aliphatic rings. The Labute approximate surface area is 113 Å². The van der Waals surface area contributed by atoms with Crippen molar-refractivity contribution in [1.82, 2.24) is 0 Å². The average Bonchev–Trinajstić information content (AvgIpc) is 2.75. The van der Waals surface area contributed by atoms with E-state index in [9.17, 15) is 4.79 Å². The lowest BCUT2D eigenvalue weighted by Crippen LogP contribution is -2.37. The standard InChI is InChI=1S/C16H18O3/c17-16(12-7-3-1-2-4-8-12)15-11-18-13-9-5-6-10-14(13)19-15/h5-7,9-10,15H,1-4,8,11H2. The second-order valence-electron chi connectivity index (χ2n) is 5.06. The van der Waals surface area contributed by atoms with E-state index >= 15 is 0 Å². The normalized spacial score (nSPS) is 22.3. The van der Waals surface area contributed by atoms with E-state index in [-0.39, 0.29) is 5.78 Å². The smallest absolute Gasteiger partial charge is 0.202 e. The summed E-state index contributed by atoms with van der Waals surface area (Å²) in [5.74, 6) is 1.49. The van der Waals surface area contributed by atoms with Gasteiger partial charge < -0.3 is 9.47 Å². The maximum Gasteiger partial charge on any atom is 0.202 e. The van der Waals surface area contributed by atoms with Gasteiger partial charge in [-0.1, -0.05) is 24.6 Å². The number of Topliss-reactive ketones (excluding diaryl/α,β-unsaturated/α-hetero) is 1. The van der Waals surface area contributed by atoms with Crippen molar-refractivity contribution in [3.05, 3.63) is 35.9 Å². The molecule has 0 aromatic heterocycles. The van der Waals surface area contributed by atoms with E-state index in [1.54, 1.807) is 0 Å². The Morgan fingerprint density at radius 3 is 2.84 bits per heavy atom. The summed E-state index contributed by atoms with van der Waals surface area (Å²) < 4.78 is 11.4. The van der Waals surface area contributed by atoms with Gasteiger partial charge >= 0.3 is 0 Å². The highest BCUT2D eigenvalue weighted by molar-refractivity contribution is 5.99. The summed E-state index contributed by atoms with van der Waals surface area (Å²) in [5, 5.41) is 0. The zero-order valence-corrected chi connectivity index (χ0v) is 10.9. The van der Waals surface area contributed by atoms with Gasteiger partial charge in [0.05, 0.1) is 0 Å². The zero-order valence-electron chi connectivity index (χ0n) is 10.9. The van der Waals surface area contributed by atoms with Gasteiger partial charge in [0.2, 0.25) is 5.78 Å². The van der Waals surface area contributed by atoms with Crippen LogP contribution in [0.15, 0.2) is 35.9 Å². The lowest BCUT2D eigenvalue weighted by Gasteiger charge is -2.26. The second-order valence-corrected chi connectivity index (χ2v) is 5.06. The van der Waals surface area contributed by atoms with Crippen LogP contribution in [0.3, 0.4) is 0 Å². The van der Waals surface area contributed by atoms with Gasteiger partial charge in [-0.2, -0.15) is 0 Å². The molecule has 3 nitrogen and oxygen atoms in total. The van der Waals surface area contributed by atoms with E-state index in [1.165, 1.54) is 12.8 Å². The highest BCUT2D eigenvalue weighted by atomic mass is 16.6. The van der Waals surface area contributed by atoms with Crippen LogP contribution < -0.4 is 9.47 Å². The molecule has 0 spiro atoms. The number of hydrogen-bond acceptors (Lipinski definition) is 3. The topological polar surface area (TPSA) is 35.5 Å². The summed E-state index contributed by atoms with van der Waals surface area (Å²) in [4.78, 5) is 12.4. The zero-order chi connectivity index (χ0) is 13.1. The Hall–Kier alpha value is -1.77. The van der Waals surface area contributed by atoms with Crippen molar-refractivity contribution in [2.24, 2.45) is 0 Å². The number of ketones is 1. The predicted molar refractivity (Wildman–Crippen MR) is 72.5 cm³/mol. The molecule has 1 aromatic carbocycles. The Kier molecular flexibility index (Phi) is 3.53. The second kappa shape index (κ2) is 5.47. The first-order valence-corrected chi connectivity index (χ1v) is 6.96. The number of hydrogen-bond donors (Lipinski definition) is 0. The number of carbonyl (C=O) groups is 1. The number of rotatable bonds is 2. The van der Waals surface area contributed by atoms with Crippen molar-refractivity contribution in [1.29, 1.82) is 0 Å². The number of ether oxygens (including phenoxy) is 2. The molecule has 1 unspecified atom stereocenters. The molecular weight excluding hydrogens is 240 g/mol. The molecule has 1 aliphatic heterocycles. The summed E-state index contributed by atoms with van der Waals surface area (Å²) in [7, 11) is 0. The van der Waals surface area contributed by atoms with Crippen LogP contribution in [0.25, 0.3) is 0 Å². The Balaban J connectivity index is 1.74. The first kappa shape index (κ1) is 12.3. The third-order valence-corrected chi connectivity index (χ3v) is 3.66. The fourth-order valence-corrected chi connectivity index (χ4v) is 2.59. The van der Waals surface area contributed by atoms with Crippen LogP contribution >= 0.6 is 0 Å². The van der Waals surface area contributed by atoms with E-state index in [1.807, 2.05) is 24.3 Å². The molecule has 0 radical (unpaired) electrons. The third kappa shape index (κ3) is 2.65. The molecular formula is C16H18O3. The molecule has 3 heteroatoms. The first-order chi connectivity index (χ1) is 9.34. The van der Waals surface area contributed by atoms with Crippen molar-refractivity contribution >= 4 is 5.78 Å². The van der Waals surface area contributed by atoms with E-state index in [0.717, 1.165) is 30.6 Å². The minimum atomic E-state index is -0.487. The van der Waals surface area contributed by atoms with Gasteiger partial charge in [-0.15, -0.1) is 0 Å². The Morgan fingerprint density at radius 1 is 1.11 bits per heavy atom. The quantitative estimate of drug-likeness (QED) is 0.816. The van der Waals surface area contributed by atoms with Crippen LogP contribution in [0.5, 0.6) is 11.5 Å². The molecule has 1 aliphatic carbocycles. The van der Waals surface area contributed by atoms with Gasteiger partial charge in [-0.05, 0) is 43.4 Å². The molecule has 3 rings (SSSR count). The van der Waals surface area contributed by atoms with Crippen molar-refractivity contribution in [2.75, 3.05) is 6.61 Å². The Bertz CT molecular complexity index is 504. The fraction of sp³-hybridized carbons (Fsp3) is 0.438. The largest absolute Gasteiger partial charge is 0.485 e. The van der Waals surface area contributed by atoms with Crippen LogP contribution in [0, 0.1) is 0 Å². The highest BCUT2D eigenvalue weighted by Crippen LogP contribution is 2.32. The molecule has 0 fully saturated rings. The molecule has 100 valence electrons. The minimum Gasteiger partial charge on any atom is -0.485 e. The minimum absolute atomic E-state index is 0.0939. The summed E-state index contributed by atoms with van der Waals surface area (Å²) in [6.07, 6.45) is 6.96. The number of benzene rings is 1. The van der Waals surface area contributed by atoms with Crippen molar-refractivity contribution in [2.45, 2.75) is 38.2 Å². The molecule has 0 saturated heterocycles. The molecule has 1 heterocycles. The van der Waals surface area contributed by atoms with Crippen LogP contribution in [0.2, 0.25) is 0 Å². The molecule has 0 bridgehead atoms. The summed E-state index contributed by atoms with van der Waals surface area (Å²) >= 11 is 0. The van der Waals surface area contributed by atoms with Crippen LogP contribution in [-0.2, 0) is 4.79 Å². The number of fused-ring (bicyclic) bond motifs is 1. The van der Waals surface area contributed by atoms with Gasteiger partial charge in [-0.25, -0.2) is 0 Å². The molecule has 1 atom stereocenters. The monoisotopic (exact) mass is 258 g/mol. The number of carbonyl (C=O) groups excluding carboxylic acids is 1. The van der Waals surface area contributed by atoms with Crippen molar-refractivity contribution in [3.8, 4) is 11.5 Å². The maximum atomic E-state index is 12.4. The Morgan fingerprint density at radius 2 is 1.95 bits per heavy atom. The summed E-state index contributed by atoms with van der Waals surface area (Å²) in [5.41, 5.74) is 0.922. The summed E-state index contributed by atoms with van der Waals surface area (Å²) in [6.45, 7) is 0.313. The van der Waals surface area contributed by atoms with Gasteiger partial charge in [0.1, 0.15) is 6.61 Å². The molecule has 0 amide bonds. The van der Waals surface area contributed by atoms with Crippen LogP contribution in [-0.4, -0.2) is 18.5 Å². The third-order valence-electron chi connectivity index (χ3n) is 3.66. The molecule has 0 saturated carbocycles. The predicted octanol–water partition coefficient (Wildman–Crippen LogP) is 3.29. The maximum absolute atomic E-state index is 12.4. The highest BCUT2D eigenvalue weighted by Gasteiger charge is 2.29. The molecule has 1 aromatic rings. The lowest BCUT2D eigenvalue weighted by molar-refractivity contribution is -0.124. The fourth-order valence-electron chi connectivity index (χ4n) is 2.59. The van der Waals surface area contributed by atoms with Crippen molar-refractivity contribution in [3.63, 3.8) is 0 Å². The van der Waals surface area contributed by atoms with E-state index in [4.69, 9.17) is 9.47 Å². The van der Waals surface area contributed by atoms with Gasteiger partial charge in [0.25, 0.3) is 0 Å². The number of allylic oxidation sites excluding steroid dienone is 1. The molecule has 19 heavy (non-hydrogen) atoms. The summed E-state index contributed by atoms with van der Waals surface area (Å²) in [6, 6.07) is 7.50. The van der Waals surface area contributed by atoms with Crippen LogP contribution in [0.1, 0.15) is 32.1 Å². The van der Waals surface area contributed by atoms with Crippen molar-refractivity contribution < 1.29 is 14.3 Å².